The molecule has 0 aromatic heterocycles. The summed E-state index contributed by atoms with van der Waals surface area (Å²) in [7, 11) is 0. The Labute approximate surface area is 331 Å². The maximum absolute atomic E-state index is 3.67. The lowest BCUT2D eigenvalue weighted by Crippen LogP contribution is -1.90. The third-order valence-corrected chi connectivity index (χ3v) is 11.4. The molecule has 0 unspecified atom stereocenters. The molecule has 1 aliphatic carbocycles. The first-order chi connectivity index (χ1) is 23.3. The van der Waals surface area contributed by atoms with Crippen LogP contribution in [0.2, 0.25) is 0 Å². The molecule has 0 amide bonds. The van der Waals surface area contributed by atoms with E-state index < -0.39 is 0 Å². The molecular weight excluding hydrogens is 984 g/mol. The van der Waals surface area contributed by atoms with Gasteiger partial charge in [-0.15, -0.1) is 0 Å². The van der Waals surface area contributed by atoms with Gasteiger partial charge >= 0.3 is 0 Å². The van der Waals surface area contributed by atoms with E-state index in [-0.39, 0.29) is 0 Å². The molecule has 0 radical (unpaired) electrons. The van der Waals surface area contributed by atoms with Crippen molar-refractivity contribution in [3.63, 3.8) is 0 Å². The molecule has 1 aliphatic rings. The van der Waals surface area contributed by atoms with Gasteiger partial charge in [0.15, 0.2) is 0 Å². The van der Waals surface area contributed by atoms with Gasteiger partial charge in [0.25, 0.3) is 0 Å². The van der Waals surface area contributed by atoms with E-state index in [9.17, 15) is 0 Å². The van der Waals surface area contributed by atoms with Crippen LogP contribution in [0.25, 0.3) is 16.7 Å². The highest BCUT2D eigenvalue weighted by Gasteiger charge is 2.41. The van der Waals surface area contributed by atoms with Crippen LogP contribution in [0.15, 0.2) is 189 Å². The molecule has 0 spiro atoms. The van der Waals surface area contributed by atoms with Crippen molar-refractivity contribution >= 4 is 112 Å². The van der Waals surface area contributed by atoms with Crippen LogP contribution < -0.4 is 0 Å². The van der Waals surface area contributed by atoms with Gasteiger partial charge in [-0.2, -0.15) is 0 Å². The average Bonchev–Trinajstić information content (AvgIpc) is 3.79. The SMILES string of the molecule is Brc1ccc(C(=C2C(=C(c3ccc(Br)cc3)c3ccc(Br)cc3)C2=C(c2ccc(Br)cc2)c2ccc(Br)cc2)c2ccc(Br)cc2)cc1. The van der Waals surface area contributed by atoms with Crippen molar-refractivity contribution in [2.24, 2.45) is 0 Å². The zero-order chi connectivity index (χ0) is 33.4. The first-order valence-corrected chi connectivity index (χ1v) is 19.8. The molecule has 0 aliphatic heterocycles. The van der Waals surface area contributed by atoms with Crippen molar-refractivity contribution < 1.29 is 0 Å². The van der Waals surface area contributed by atoms with Gasteiger partial charge in [-0.1, -0.05) is 168 Å². The van der Waals surface area contributed by atoms with Crippen LogP contribution in [0.1, 0.15) is 33.4 Å². The van der Waals surface area contributed by atoms with Gasteiger partial charge in [0, 0.05) is 26.8 Å². The van der Waals surface area contributed by atoms with Crippen LogP contribution >= 0.6 is 95.6 Å². The Hall–Kier alpha value is -2.58. The summed E-state index contributed by atoms with van der Waals surface area (Å²) in [4.78, 5) is 0. The number of benzene rings is 6. The van der Waals surface area contributed by atoms with E-state index in [1.165, 1.54) is 33.4 Å². The highest BCUT2D eigenvalue weighted by molar-refractivity contribution is 9.11. The first-order valence-electron chi connectivity index (χ1n) is 15.1. The largest absolute Gasteiger partial charge is 0.0532 e. The molecule has 0 bridgehead atoms. The Bertz CT molecular complexity index is 1790. The van der Waals surface area contributed by atoms with Crippen LogP contribution in [-0.4, -0.2) is 0 Å². The second-order valence-corrected chi connectivity index (χ2v) is 16.8. The van der Waals surface area contributed by atoms with Crippen LogP contribution in [0.4, 0.5) is 0 Å². The van der Waals surface area contributed by atoms with Gasteiger partial charge in [0.2, 0.25) is 0 Å². The highest BCUT2D eigenvalue weighted by atomic mass is 79.9. The van der Waals surface area contributed by atoms with E-state index in [4.69, 9.17) is 0 Å². The number of hydrogen-bond acceptors (Lipinski definition) is 0. The fourth-order valence-corrected chi connectivity index (χ4v) is 7.59. The molecule has 0 atom stereocenters. The molecule has 234 valence electrons. The van der Waals surface area contributed by atoms with Crippen molar-refractivity contribution in [3.05, 3.63) is 223 Å². The number of halogens is 6. The van der Waals surface area contributed by atoms with Crippen molar-refractivity contribution in [1.29, 1.82) is 0 Å². The van der Waals surface area contributed by atoms with Gasteiger partial charge in [0.05, 0.1) is 0 Å². The van der Waals surface area contributed by atoms with Crippen molar-refractivity contribution in [2.45, 2.75) is 0 Å². The molecule has 6 aromatic carbocycles. The zero-order valence-corrected chi connectivity index (χ0v) is 34.6. The Morgan fingerprint density at radius 1 is 0.208 bits per heavy atom. The molecule has 1 saturated carbocycles. The summed E-state index contributed by atoms with van der Waals surface area (Å²) in [6, 6.07) is 52.0. The molecule has 0 heterocycles. The van der Waals surface area contributed by atoms with E-state index in [1.54, 1.807) is 0 Å². The summed E-state index contributed by atoms with van der Waals surface area (Å²) >= 11 is 22.0. The zero-order valence-electron chi connectivity index (χ0n) is 25.1. The van der Waals surface area contributed by atoms with E-state index in [0.717, 1.165) is 60.2 Å². The molecule has 6 heteroatoms. The standard InChI is InChI=1S/C42H24Br6/c43-31-13-1-25(2-14-31)37(26-3-15-32(44)16-4-26)40-41(38(27-5-17-33(45)18-6-27)28-7-19-34(46)20-8-28)42(40)39(29-9-21-35(47)22-10-29)30-11-23-36(48)24-12-30/h1-24H. The lowest BCUT2D eigenvalue weighted by Gasteiger charge is -2.11. The van der Waals surface area contributed by atoms with Gasteiger partial charge in [-0.25, -0.2) is 0 Å². The Kier molecular flexibility index (Phi) is 10.4. The predicted molar refractivity (Wildman–Crippen MR) is 223 cm³/mol. The molecular formula is C42H24Br6. The van der Waals surface area contributed by atoms with Gasteiger partial charge < -0.3 is 0 Å². The number of hydrogen-bond donors (Lipinski definition) is 0. The Balaban J connectivity index is 1.68. The normalized spacial score (nSPS) is 12.2. The lowest BCUT2D eigenvalue weighted by atomic mass is 9.94. The molecule has 0 N–H and O–H groups in total. The topological polar surface area (TPSA) is 0 Å². The van der Waals surface area contributed by atoms with Gasteiger partial charge in [-0.3, -0.25) is 0 Å². The van der Waals surface area contributed by atoms with E-state index in [2.05, 4.69) is 241 Å². The third-order valence-electron chi connectivity index (χ3n) is 8.23. The Morgan fingerprint density at radius 2 is 0.333 bits per heavy atom. The maximum atomic E-state index is 3.67. The minimum Gasteiger partial charge on any atom is -0.0532 e. The molecule has 0 nitrogen and oxygen atoms in total. The van der Waals surface area contributed by atoms with Crippen LogP contribution in [0.3, 0.4) is 0 Å². The minimum absolute atomic E-state index is 1.05. The average molecular weight is 1010 g/mol. The molecule has 0 saturated heterocycles. The summed E-state index contributed by atoms with van der Waals surface area (Å²) in [5, 5.41) is 0. The Morgan fingerprint density at radius 3 is 0.458 bits per heavy atom. The predicted octanol–water partition coefficient (Wildman–Crippen LogP) is 15.1. The lowest BCUT2D eigenvalue weighted by molar-refractivity contribution is 1.50. The van der Waals surface area contributed by atoms with Crippen molar-refractivity contribution in [1.82, 2.24) is 0 Å². The molecule has 7 rings (SSSR count). The molecule has 48 heavy (non-hydrogen) atoms. The molecule has 6 aromatic rings. The van der Waals surface area contributed by atoms with Crippen LogP contribution in [0, 0.1) is 0 Å². The number of rotatable bonds is 6. The summed E-state index contributed by atoms with van der Waals surface area (Å²) in [5.41, 5.74) is 14.2. The second-order valence-electron chi connectivity index (χ2n) is 11.3. The summed E-state index contributed by atoms with van der Waals surface area (Å²) in [5.74, 6) is 0. The second kappa shape index (κ2) is 14.7. The van der Waals surface area contributed by atoms with Gasteiger partial charge in [-0.05, 0) is 140 Å². The smallest absolute Gasteiger partial charge is 0.0175 e. The summed E-state index contributed by atoms with van der Waals surface area (Å²) in [6.45, 7) is 0. The van der Waals surface area contributed by atoms with E-state index in [0.29, 0.717) is 0 Å². The monoisotopic (exact) mass is 1000 g/mol. The van der Waals surface area contributed by atoms with E-state index in [1.807, 2.05) is 0 Å². The summed E-state index contributed by atoms with van der Waals surface area (Å²) < 4.78 is 6.28. The maximum Gasteiger partial charge on any atom is 0.0175 e. The van der Waals surface area contributed by atoms with Gasteiger partial charge in [0.1, 0.15) is 0 Å². The van der Waals surface area contributed by atoms with Crippen LogP contribution in [-0.2, 0) is 0 Å². The fourth-order valence-electron chi connectivity index (χ4n) is 6.00. The fraction of sp³-hybridized carbons (Fsp3) is 0. The van der Waals surface area contributed by atoms with Crippen molar-refractivity contribution in [3.8, 4) is 0 Å². The quantitative estimate of drug-likeness (QED) is 0.156. The minimum atomic E-state index is 1.05. The third kappa shape index (κ3) is 7.31. The van der Waals surface area contributed by atoms with Crippen molar-refractivity contribution in [2.75, 3.05) is 0 Å². The number of allylic oxidation sites excluding steroid dienone is 3. The molecule has 1 fully saturated rings. The first kappa shape index (κ1) is 33.9. The highest BCUT2D eigenvalue weighted by Crippen LogP contribution is 2.59. The summed E-state index contributed by atoms with van der Waals surface area (Å²) in [6.07, 6.45) is 0. The van der Waals surface area contributed by atoms with Crippen LogP contribution in [0.5, 0.6) is 0 Å². The van der Waals surface area contributed by atoms with E-state index >= 15 is 0 Å².